The van der Waals surface area contributed by atoms with E-state index < -0.39 is 0 Å². The fraction of sp³-hybridized carbons (Fsp3) is 1.00. The summed E-state index contributed by atoms with van der Waals surface area (Å²) < 4.78 is 0. The molecule has 0 N–H and O–H groups in total. The van der Waals surface area contributed by atoms with Crippen LogP contribution in [0.3, 0.4) is 0 Å². The van der Waals surface area contributed by atoms with Crippen molar-refractivity contribution < 1.29 is 0 Å². The maximum atomic E-state index is 2.66. The van der Waals surface area contributed by atoms with E-state index in [1.165, 1.54) is 58.4 Å². The summed E-state index contributed by atoms with van der Waals surface area (Å²) in [5.74, 6) is 0. The SMILES string of the molecule is CC.CCN1CCCC2(CCN(C(C)C)CC2)C1. The van der Waals surface area contributed by atoms with Crippen LogP contribution in [0.5, 0.6) is 0 Å². The third-order valence-corrected chi connectivity index (χ3v) is 4.78. The minimum Gasteiger partial charge on any atom is -0.303 e. The summed E-state index contributed by atoms with van der Waals surface area (Å²) in [6, 6.07) is 0.739. The molecule has 2 rings (SSSR count). The van der Waals surface area contributed by atoms with Gasteiger partial charge in [-0.15, -0.1) is 0 Å². The minimum atomic E-state index is 0.680. The van der Waals surface area contributed by atoms with Gasteiger partial charge in [-0.05, 0) is 71.1 Å². The zero-order valence-corrected chi connectivity index (χ0v) is 13.3. The van der Waals surface area contributed by atoms with Crippen molar-refractivity contribution in [3.8, 4) is 0 Å². The van der Waals surface area contributed by atoms with Crippen molar-refractivity contribution in [3.63, 3.8) is 0 Å². The van der Waals surface area contributed by atoms with E-state index in [1.54, 1.807) is 0 Å². The predicted octanol–water partition coefficient (Wildman–Crippen LogP) is 3.62. The smallest absolute Gasteiger partial charge is 0.00388 e. The molecule has 0 unspecified atom stereocenters. The van der Waals surface area contributed by atoms with Gasteiger partial charge in [0.25, 0.3) is 0 Å². The lowest BCUT2D eigenvalue weighted by atomic mass is 9.72. The molecular formula is C16H34N2. The van der Waals surface area contributed by atoms with Crippen molar-refractivity contribution in [2.24, 2.45) is 5.41 Å². The Balaban J connectivity index is 0.000000771. The summed E-state index contributed by atoms with van der Waals surface area (Å²) in [4.78, 5) is 5.31. The second-order valence-corrected chi connectivity index (χ2v) is 6.10. The van der Waals surface area contributed by atoms with Crippen molar-refractivity contribution in [2.75, 3.05) is 32.7 Å². The molecule has 2 heterocycles. The highest BCUT2D eigenvalue weighted by Gasteiger charge is 2.38. The van der Waals surface area contributed by atoms with Crippen LogP contribution in [0.4, 0.5) is 0 Å². The van der Waals surface area contributed by atoms with E-state index in [4.69, 9.17) is 0 Å². The highest BCUT2D eigenvalue weighted by Crippen LogP contribution is 2.39. The molecule has 0 bridgehead atoms. The number of likely N-dealkylation sites (tertiary alicyclic amines) is 2. The van der Waals surface area contributed by atoms with Crippen LogP contribution < -0.4 is 0 Å². The second kappa shape index (κ2) is 7.49. The molecule has 0 aromatic rings. The van der Waals surface area contributed by atoms with Crippen molar-refractivity contribution in [1.82, 2.24) is 9.80 Å². The summed E-state index contributed by atoms with van der Waals surface area (Å²) in [6.45, 7) is 17.6. The van der Waals surface area contributed by atoms with Gasteiger partial charge in [-0.3, -0.25) is 0 Å². The largest absolute Gasteiger partial charge is 0.303 e. The van der Waals surface area contributed by atoms with Crippen LogP contribution in [-0.2, 0) is 0 Å². The van der Waals surface area contributed by atoms with Gasteiger partial charge in [0.05, 0.1) is 0 Å². The third kappa shape index (κ3) is 3.96. The first-order chi connectivity index (χ1) is 8.65. The minimum absolute atomic E-state index is 0.680. The Labute approximate surface area is 115 Å². The first-order valence-electron chi connectivity index (χ1n) is 8.12. The van der Waals surface area contributed by atoms with Gasteiger partial charge in [-0.1, -0.05) is 20.8 Å². The van der Waals surface area contributed by atoms with E-state index in [1.807, 2.05) is 13.8 Å². The summed E-state index contributed by atoms with van der Waals surface area (Å²) in [6.07, 6.45) is 5.77. The van der Waals surface area contributed by atoms with E-state index in [0.29, 0.717) is 5.41 Å². The van der Waals surface area contributed by atoms with E-state index >= 15 is 0 Å². The first kappa shape index (κ1) is 16.0. The zero-order valence-electron chi connectivity index (χ0n) is 13.3. The van der Waals surface area contributed by atoms with Crippen LogP contribution in [0.25, 0.3) is 0 Å². The molecule has 0 aliphatic carbocycles. The highest BCUT2D eigenvalue weighted by atomic mass is 15.2. The number of piperidine rings is 2. The van der Waals surface area contributed by atoms with Crippen molar-refractivity contribution in [1.29, 1.82) is 0 Å². The number of rotatable bonds is 2. The standard InChI is InChI=1S/C14H28N2.C2H6/c1-4-15-9-5-6-14(12-15)7-10-16(11-8-14)13(2)3;1-2/h13H,4-12H2,1-3H3;1-2H3. The van der Waals surface area contributed by atoms with Gasteiger partial charge in [0.1, 0.15) is 0 Å². The molecule has 0 radical (unpaired) electrons. The van der Waals surface area contributed by atoms with Gasteiger partial charge in [0, 0.05) is 12.6 Å². The molecule has 2 saturated heterocycles. The van der Waals surface area contributed by atoms with Crippen LogP contribution >= 0.6 is 0 Å². The molecule has 2 heteroatoms. The normalized spacial score (nSPS) is 25.0. The maximum absolute atomic E-state index is 2.66. The zero-order chi connectivity index (χ0) is 13.6. The average molecular weight is 254 g/mol. The van der Waals surface area contributed by atoms with E-state index in [9.17, 15) is 0 Å². The Morgan fingerprint density at radius 2 is 1.61 bits per heavy atom. The maximum Gasteiger partial charge on any atom is 0.00388 e. The monoisotopic (exact) mass is 254 g/mol. The molecule has 0 aromatic carbocycles. The van der Waals surface area contributed by atoms with Gasteiger partial charge in [0.15, 0.2) is 0 Å². The quantitative estimate of drug-likeness (QED) is 0.742. The summed E-state index contributed by atoms with van der Waals surface area (Å²) >= 11 is 0. The summed E-state index contributed by atoms with van der Waals surface area (Å²) in [7, 11) is 0. The Hall–Kier alpha value is -0.0800. The first-order valence-corrected chi connectivity index (χ1v) is 8.12. The number of nitrogens with zero attached hydrogens (tertiary/aromatic N) is 2. The Morgan fingerprint density at radius 3 is 2.11 bits per heavy atom. The number of hydrogen-bond donors (Lipinski definition) is 0. The number of hydrogen-bond acceptors (Lipinski definition) is 2. The molecule has 1 spiro atoms. The van der Waals surface area contributed by atoms with Gasteiger partial charge >= 0.3 is 0 Å². The van der Waals surface area contributed by atoms with Crippen LogP contribution in [0.1, 0.15) is 60.3 Å². The second-order valence-electron chi connectivity index (χ2n) is 6.10. The van der Waals surface area contributed by atoms with E-state index in [0.717, 1.165) is 6.04 Å². The summed E-state index contributed by atoms with van der Waals surface area (Å²) in [5.41, 5.74) is 0.680. The van der Waals surface area contributed by atoms with Gasteiger partial charge in [-0.25, -0.2) is 0 Å². The summed E-state index contributed by atoms with van der Waals surface area (Å²) in [5, 5.41) is 0. The lowest BCUT2D eigenvalue weighted by Crippen LogP contribution is -2.50. The van der Waals surface area contributed by atoms with Gasteiger partial charge < -0.3 is 9.80 Å². The van der Waals surface area contributed by atoms with E-state index in [2.05, 4.69) is 30.6 Å². The Kier molecular flexibility index (Phi) is 6.65. The van der Waals surface area contributed by atoms with Crippen molar-refractivity contribution >= 4 is 0 Å². The molecule has 108 valence electrons. The van der Waals surface area contributed by atoms with Crippen molar-refractivity contribution in [3.05, 3.63) is 0 Å². The predicted molar refractivity (Wildman–Crippen MR) is 81.1 cm³/mol. The molecule has 0 amide bonds. The molecule has 2 aliphatic rings. The van der Waals surface area contributed by atoms with Crippen molar-refractivity contribution in [2.45, 2.75) is 66.3 Å². The Morgan fingerprint density at radius 1 is 1.00 bits per heavy atom. The molecule has 0 atom stereocenters. The lowest BCUT2D eigenvalue weighted by Gasteiger charge is -2.48. The topological polar surface area (TPSA) is 6.48 Å². The van der Waals surface area contributed by atoms with Crippen LogP contribution in [0.15, 0.2) is 0 Å². The highest BCUT2D eigenvalue weighted by molar-refractivity contribution is 4.91. The van der Waals surface area contributed by atoms with Crippen LogP contribution in [-0.4, -0.2) is 48.6 Å². The van der Waals surface area contributed by atoms with Gasteiger partial charge in [-0.2, -0.15) is 0 Å². The van der Waals surface area contributed by atoms with Crippen LogP contribution in [0.2, 0.25) is 0 Å². The molecule has 2 fully saturated rings. The third-order valence-electron chi connectivity index (χ3n) is 4.78. The fourth-order valence-electron chi connectivity index (χ4n) is 3.50. The van der Waals surface area contributed by atoms with E-state index in [-0.39, 0.29) is 0 Å². The Bertz CT molecular complexity index is 217. The lowest BCUT2D eigenvalue weighted by molar-refractivity contribution is 0.0171. The molecule has 2 nitrogen and oxygen atoms in total. The average Bonchev–Trinajstić information content (AvgIpc) is 2.41. The van der Waals surface area contributed by atoms with Gasteiger partial charge in [0.2, 0.25) is 0 Å². The molecule has 2 aliphatic heterocycles. The molecular weight excluding hydrogens is 220 g/mol. The fourth-order valence-corrected chi connectivity index (χ4v) is 3.50. The van der Waals surface area contributed by atoms with Crippen LogP contribution in [0, 0.1) is 5.41 Å². The molecule has 0 aromatic heterocycles. The molecule has 18 heavy (non-hydrogen) atoms. The molecule has 0 saturated carbocycles.